The van der Waals surface area contributed by atoms with Crippen molar-refractivity contribution in [2.75, 3.05) is 13.2 Å². The topological polar surface area (TPSA) is 86.5 Å². The average Bonchev–Trinajstić information content (AvgIpc) is 3.08. The number of nitrogens with zero attached hydrogens (tertiary/aromatic N) is 2. The van der Waals surface area contributed by atoms with Crippen molar-refractivity contribution in [2.24, 2.45) is 5.92 Å². The molecule has 0 radical (unpaired) electrons. The van der Waals surface area contributed by atoms with Crippen LogP contribution in [0.2, 0.25) is 0 Å². The minimum absolute atomic E-state index is 0.167. The molecule has 0 saturated carbocycles. The smallest absolute Gasteiger partial charge is 0.257 e. The molecule has 0 saturated heterocycles. The number of aromatic nitrogens is 2. The van der Waals surface area contributed by atoms with Gasteiger partial charge < -0.3 is 19.3 Å². The minimum atomic E-state index is -0.203. The van der Waals surface area contributed by atoms with Gasteiger partial charge in [-0.1, -0.05) is 25.1 Å². The molecule has 3 aromatic rings. The Morgan fingerprint density at radius 2 is 1.86 bits per heavy atom. The van der Waals surface area contributed by atoms with Gasteiger partial charge in [0, 0.05) is 6.20 Å². The molecule has 0 unspecified atom stereocenters. The second kappa shape index (κ2) is 8.94. The quantitative estimate of drug-likeness (QED) is 0.604. The Morgan fingerprint density at radius 1 is 1.14 bits per heavy atom. The zero-order valence-corrected chi connectivity index (χ0v) is 17.5. The van der Waals surface area contributed by atoms with E-state index in [4.69, 9.17) is 14.0 Å². The van der Waals surface area contributed by atoms with Gasteiger partial charge in [-0.25, -0.2) is 4.98 Å². The van der Waals surface area contributed by atoms with Crippen molar-refractivity contribution < 1.29 is 18.8 Å². The molecule has 0 aliphatic carbocycles. The monoisotopic (exact) mass is 397 g/mol. The second-order valence-electron chi connectivity index (χ2n) is 7.11. The standard InChI is InChI=1S/C22H27N3O4/c1-6-27-18-9-8-15(11-19(18)28-7-2)20(13(3)4)24-21(26)16-10-17-14(5)25-29-22(17)23-12-16/h8-13,20H,6-7H2,1-5H3,(H,24,26)/t20-/m1/s1. The van der Waals surface area contributed by atoms with Crippen molar-refractivity contribution in [3.05, 3.63) is 47.3 Å². The lowest BCUT2D eigenvalue weighted by Crippen LogP contribution is -2.31. The third kappa shape index (κ3) is 4.50. The Labute approximate surface area is 170 Å². The van der Waals surface area contributed by atoms with E-state index < -0.39 is 0 Å². The third-order valence-electron chi connectivity index (χ3n) is 4.65. The normalized spacial score (nSPS) is 12.2. The molecule has 0 aliphatic heterocycles. The summed E-state index contributed by atoms with van der Waals surface area (Å²) in [6.07, 6.45) is 1.50. The van der Waals surface area contributed by atoms with Gasteiger partial charge in [0.25, 0.3) is 11.6 Å². The molecule has 0 aliphatic rings. The average molecular weight is 397 g/mol. The molecule has 3 rings (SSSR count). The van der Waals surface area contributed by atoms with Crippen LogP contribution in [-0.2, 0) is 0 Å². The number of nitrogens with one attached hydrogen (secondary N) is 1. The number of carbonyl (C=O) groups excluding carboxylic acids is 1. The molecule has 1 aromatic carbocycles. The molecule has 154 valence electrons. The van der Waals surface area contributed by atoms with Crippen molar-refractivity contribution in [2.45, 2.75) is 40.7 Å². The van der Waals surface area contributed by atoms with Gasteiger partial charge in [-0.05, 0) is 50.5 Å². The molecule has 1 atom stereocenters. The van der Waals surface area contributed by atoms with Gasteiger partial charge in [-0.2, -0.15) is 0 Å². The van der Waals surface area contributed by atoms with Crippen molar-refractivity contribution in [3.8, 4) is 11.5 Å². The molecule has 1 amide bonds. The molecule has 0 fully saturated rings. The second-order valence-corrected chi connectivity index (χ2v) is 7.11. The van der Waals surface area contributed by atoms with Crippen LogP contribution >= 0.6 is 0 Å². The molecule has 7 nitrogen and oxygen atoms in total. The Bertz CT molecular complexity index is 997. The van der Waals surface area contributed by atoms with Crippen LogP contribution in [0.4, 0.5) is 0 Å². The maximum atomic E-state index is 12.9. The molecular formula is C22H27N3O4. The van der Waals surface area contributed by atoms with Crippen LogP contribution < -0.4 is 14.8 Å². The highest BCUT2D eigenvalue weighted by atomic mass is 16.5. The van der Waals surface area contributed by atoms with E-state index in [1.165, 1.54) is 6.20 Å². The summed E-state index contributed by atoms with van der Waals surface area (Å²) in [6, 6.07) is 7.34. The molecule has 7 heteroatoms. The van der Waals surface area contributed by atoms with Crippen LogP contribution in [0.15, 0.2) is 35.0 Å². The molecular weight excluding hydrogens is 370 g/mol. The lowest BCUT2D eigenvalue weighted by molar-refractivity contribution is 0.0925. The highest BCUT2D eigenvalue weighted by molar-refractivity contribution is 5.97. The number of fused-ring (bicyclic) bond motifs is 1. The van der Waals surface area contributed by atoms with Crippen LogP contribution in [0.3, 0.4) is 0 Å². The number of ether oxygens (including phenoxy) is 2. The SMILES string of the molecule is CCOc1ccc([C@H](NC(=O)c2cnc3onc(C)c3c2)C(C)C)cc1OCC. The maximum Gasteiger partial charge on any atom is 0.257 e. The van der Waals surface area contributed by atoms with E-state index >= 15 is 0 Å². The number of rotatable bonds is 8. The number of carbonyl (C=O) groups is 1. The zero-order valence-electron chi connectivity index (χ0n) is 17.5. The van der Waals surface area contributed by atoms with E-state index in [-0.39, 0.29) is 17.9 Å². The van der Waals surface area contributed by atoms with Gasteiger partial charge in [0.2, 0.25) is 0 Å². The molecule has 2 aromatic heterocycles. The van der Waals surface area contributed by atoms with E-state index in [1.807, 2.05) is 39.0 Å². The van der Waals surface area contributed by atoms with Crippen molar-refractivity contribution >= 4 is 17.0 Å². The van der Waals surface area contributed by atoms with Crippen molar-refractivity contribution in [3.63, 3.8) is 0 Å². The predicted octanol–water partition coefficient (Wildman–Crippen LogP) is 4.46. The number of amides is 1. The van der Waals surface area contributed by atoms with Crippen LogP contribution in [0.1, 0.15) is 55.4 Å². The van der Waals surface area contributed by atoms with Gasteiger partial charge in [0.1, 0.15) is 0 Å². The van der Waals surface area contributed by atoms with Gasteiger partial charge in [-0.15, -0.1) is 0 Å². The Balaban J connectivity index is 1.88. The Kier molecular flexibility index (Phi) is 6.36. The highest BCUT2D eigenvalue weighted by Crippen LogP contribution is 2.33. The number of hydrogen-bond acceptors (Lipinski definition) is 6. The van der Waals surface area contributed by atoms with Crippen LogP contribution in [-0.4, -0.2) is 29.3 Å². The van der Waals surface area contributed by atoms with Crippen molar-refractivity contribution in [1.29, 1.82) is 0 Å². The lowest BCUT2D eigenvalue weighted by Gasteiger charge is -2.24. The van der Waals surface area contributed by atoms with E-state index in [1.54, 1.807) is 6.07 Å². The first kappa shape index (κ1) is 20.6. The summed E-state index contributed by atoms with van der Waals surface area (Å²) in [5.74, 6) is 1.34. The zero-order chi connectivity index (χ0) is 21.0. The first-order valence-corrected chi connectivity index (χ1v) is 9.87. The molecule has 2 heterocycles. The predicted molar refractivity (Wildman–Crippen MR) is 110 cm³/mol. The van der Waals surface area contributed by atoms with Gasteiger partial charge in [-0.3, -0.25) is 4.79 Å². The fourth-order valence-electron chi connectivity index (χ4n) is 3.19. The first-order chi connectivity index (χ1) is 13.9. The maximum absolute atomic E-state index is 12.9. The number of hydrogen-bond donors (Lipinski definition) is 1. The lowest BCUT2D eigenvalue weighted by atomic mass is 9.95. The first-order valence-electron chi connectivity index (χ1n) is 9.87. The summed E-state index contributed by atoms with van der Waals surface area (Å²) in [4.78, 5) is 17.1. The van der Waals surface area contributed by atoms with Gasteiger partial charge in [0.05, 0.1) is 35.9 Å². The Morgan fingerprint density at radius 3 is 2.55 bits per heavy atom. The largest absolute Gasteiger partial charge is 0.490 e. The molecule has 1 N–H and O–H groups in total. The summed E-state index contributed by atoms with van der Waals surface area (Å²) >= 11 is 0. The van der Waals surface area contributed by atoms with E-state index in [2.05, 4.69) is 29.3 Å². The van der Waals surface area contributed by atoms with Crippen LogP contribution in [0.25, 0.3) is 11.1 Å². The number of benzene rings is 1. The summed E-state index contributed by atoms with van der Waals surface area (Å²) in [5, 5.41) is 7.74. The Hall–Kier alpha value is -3.09. The van der Waals surface area contributed by atoms with Gasteiger partial charge >= 0.3 is 0 Å². The van der Waals surface area contributed by atoms with Crippen LogP contribution in [0.5, 0.6) is 11.5 Å². The summed E-state index contributed by atoms with van der Waals surface area (Å²) in [5.41, 5.74) is 2.55. The molecule has 0 spiro atoms. The van der Waals surface area contributed by atoms with Crippen LogP contribution in [0, 0.1) is 12.8 Å². The van der Waals surface area contributed by atoms with Crippen molar-refractivity contribution in [1.82, 2.24) is 15.5 Å². The molecule has 0 bridgehead atoms. The number of pyridine rings is 1. The van der Waals surface area contributed by atoms with E-state index in [9.17, 15) is 4.79 Å². The highest BCUT2D eigenvalue weighted by Gasteiger charge is 2.22. The van der Waals surface area contributed by atoms with E-state index in [0.29, 0.717) is 41.7 Å². The fraction of sp³-hybridized carbons (Fsp3) is 0.409. The third-order valence-corrected chi connectivity index (χ3v) is 4.65. The molecule has 29 heavy (non-hydrogen) atoms. The summed E-state index contributed by atoms with van der Waals surface area (Å²) in [7, 11) is 0. The number of aryl methyl sites for hydroxylation is 1. The minimum Gasteiger partial charge on any atom is -0.490 e. The summed E-state index contributed by atoms with van der Waals surface area (Å²) < 4.78 is 16.5. The fourth-order valence-corrected chi connectivity index (χ4v) is 3.19. The summed E-state index contributed by atoms with van der Waals surface area (Å²) in [6.45, 7) is 10.9. The van der Waals surface area contributed by atoms with E-state index in [0.717, 1.165) is 10.9 Å². The van der Waals surface area contributed by atoms with Gasteiger partial charge in [0.15, 0.2) is 11.5 Å².